The molecule has 0 aliphatic heterocycles. The molecule has 2 rings (SSSR count). The molecule has 0 bridgehead atoms. The number of carbonyl (C=O) groups excluding carboxylic acids is 1. The Balaban J connectivity index is 0.00000242. The van der Waals surface area contributed by atoms with E-state index in [-0.39, 0.29) is 24.9 Å². The molecule has 1 unspecified atom stereocenters. The second-order valence-electron chi connectivity index (χ2n) is 4.77. The van der Waals surface area contributed by atoms with E-state index < -0.39 is 17.7 Å². The van der Waals surface area contributed by atoms with Crippen molar-refractivity contribution in [3.63, 3.8) is 0 Å². The zero-order chi connectivity index (χ0) is 15.6. The number of carbonyl (C=O) groups is 1. The zero-order valence-electron chi connectivity index (χ0n) is 12.2. The van der Waals surface area contributed by atoms with Gasteiger partial charge in [0, 0.05) is 7.05 Å². The maximum absolute atomic E-state index is 13.3. The van der Waals surface area contributed by atoms with E-state index in [2.05, 4.69) is 0 Å². The maximum Gasteiger partial charge on any atom is 0.257 e. The first-order valence-electron chi connectivity index (χ1n) is 6.43. The topological polar surface area (TPSA) is 59.5 Å². The Kier molecular flexibility index (Phi) is 6.08. The molecule has 1 heterocycles. The van der Waals surface area contributed by atoms with Gasteiger partial charge >= 0.3 is 0 Å². The molecule has 1 amide bonds. The van der Waals surface area contributed by atoms with Crippen LogP contribution in [0.25, 0.3) is 0 Å². The van der Waals surface area contributed by atoms with Crippen molar-refractivity contribution in [2.24, 2.45) is 5.73 Å². The highest BCUT2D eigenvalue weighted by Crippen LogP contribution is 2.23. The fourth-order valence-electron chi connectivity index (χ4n) is 1.98. The average Bonchev–Trinajstić information content (AvgIpc) is 2.96. The van der Waals surface area contributed by atoms with Gasteiger partial charge in [-0.3, -0.25) is 4.79 Å². The van der Waals surface area contributed by atoms with Crippen LogP contribution in [0, 0.1) is 11.6 Å². The minimum absolute atomic E-state index is 0. The van der Waals surface area contributed by atoms with E-state index in [1.54, 1.807) is 20.0 Å². The molecule has 22 heavy (non-hydrogen) atoms. The minimum Gasteiger partial charge on any atom is -0.467 e. The van der Waals surface area contributed by atoms with Gasteiger partial charge in [0.05, 0.1) is 18.2 Å². The Morgan fingerprint density at radius 3 is 2.55 bits per heavy atom. The number of rotatable bonds is 4. The van der Waals surface area contributed by atoms with Gasteiger partial charge in [-0.15, -0.1) is 12.4 Å². The molecule has 2 N–H and O–H groups in total. The second kappa shape index (κ2) is 7.38. The predicted molar refractivity (Wildman–Crippen MR) is 80.7 cm³/mol. The third-order valence-electron chi connectivity index (χ3n) is 3.43. The first-order chi connectivity index (χ1) is 9.93. The molecule has 4 nitrogen and oxygen atoms in total. The van der Waals surface area contributed by atoms with Gasteiger partial charge in [-0.25, -0.2) is 8.78 Å². The molecule has 2 aromatic rings. The van der Waals surface area contributed by atoms with Gasteiger partial charge in [0.25, 0.3) is 5.91 Å². The molecule has 1 atom stereocenters. The Bertz CT molecular complexity index is 661. The summed E-state index contributed by atoms with van der Waals surface area (Å²) in [7, 11) is 1.59. The highest BCUT2D eigenvalue weighted by molar-refractivity contribution is 5.94. The molecule has 120 valence electrons. The normalized spacial score (nSPS) is 11.7. The van der Waals surface area contributed by atoms with E-state index in [1.807, 2.05) is 0 Å². The Labute approximate surface area is 133 Å². The molecule has 0 aliphatic rings. The molecule has 0 fully saturated rings. The summed E-state index contributed by atoms with van der Waals surface area (Å²) in [4.78, 5) is 13.7. The summed E-state index contributed by atoms with van der Waals surface area (Å²) in [5.74, 6) is -1.63. The number of nitrogens with two attached hydrogens (primary N) is 1. The van der Waals surface area contributed by atoms with Crippen LogP contribution in [0.2, 0.25) is 0 Å². The second-order valence-corrected chi connectivity index (χ2v) is 4.77. The van der Waals surface area contributed by atoms with Crippen molar-refractivity contribution in [3.05, 3.63) is 59.1 Å². The van der Waals surface area contributed by atoms with E-state index in [1.165, 1.54) is 17.2 Å². The molecular formula is C15H17ClF2N2O2. The van der Waals surface area contributed by atoms with Crippen molar-refractivity contribution in [3.8, 4) is 0 Å². The third-order valence-corrected chi connectivity index (χ3v) is 3.43. The third kappa shape index (κ3) is 3.64. The van der Waals surface area contributed by atoms with Crippen LogP contribution in [-0.4, -0.2) is 17.9 Å². The molecule has 0 saturated carbocycles. The van der Waals surface area contributed by atoms with Crippen LogP contribution in [0.1, 0.15) is 34.6 Å². The van der Waals surface area contributed by atoms with Crippen LogP contribution in [0.5, 0.6) is 0 Å². The first-order valence-corrected chi connectivity index (χ1v) is 6.43. The monoisotopic (exact) mass is 330 g/mol. The number of hydrogen-bond acceptors (Lipinski definition) is 3. The Hall–Kier alpha value is -1.92. The van der Waals surface area contributed by atoms with E-state index in [0.29, 0.717) is 16.9 Å². The number of nitrogens with zero attached hydrogens (tertiary/aromatic N) is 1. The lowest BCUT2D eigenvalue weighted by molar-refractivity contribution is 0.0741. The summed E-state index contributed by atoms with van der Waals surface area (Å²) >= 11 is 0. The molecule has 0 radical (unpaired) electrons. The van der Waals surface area contributed by atoms with Crippen LogP contribution < -0.4 is 5.73 Å². The molecule has 0 aliphatic carbocycles. The fraction of sp³-hybridized carbons (Fsp3) is 0.267. The van der Waals surface area contributed by atoms with Crippen molar-refractivity contribution in [2.75, 3.05) is 7.05 Å². The molecule has 1 aromatic carbocycles. The first kappa shape index (κ1) is 18.1. The summed E-state index contributed by atoms with van der Waals surface area (Å²) < 4.78 is 31.3. The smallest absolute Gasteiger partial charge is 0.257 e. The van der Waals surface area contributed by atoms with Gasteiger partial charge < -0.3 is 15.1 Å². The van der Waals surface area contributed by atoms with Crippen LogP contribution in [0.4, 0.5) is 8.78 Å². The number of hydrogen-bond donors (Lipinski definition) is 1. The summed E-state index contributed by atoms with van der Waals surface area (Å²) in [6, 6.07) is 4.74. The molecule has 1 aromatic heterocycles. The minimum atomic E-state index is -0.936. The quantitative estimate of drug-likeness (QED) is 0.936. The largest absolute Gasteiger partial charge is 0.467 e. The number of halogens is 3. The van der Waals surface area contributed by atoms with E-state index in [0.717, 1.165) is 12.1 Å². The number of amides is 1. The lowest BCUT2D eigenvalue weighted by Gasteiger charge is -2.25. The Morgan fingerprint density at radius 1 is 1.32 bits per heavy atom. The van der Waals surface area contributed by atoms with Gasteiger partial charge in [0.2, 0.25) is 0 Å². The number of benzene rings is 1. The van der Waals surface area contributed by atoms with Gasteiger partial charge in [0.15, 0.2) is 11.6 Å². The lowest BCUT2D eigenvalue weighted by Crippen LogP contribution is -2.29. The lowest BCUT2D eigenvalue weighted by atomic mass is 10.1. The standard InChI is InChI=1S/C15H16F2N2O2.ClH/c1-9(10-3-4-13(16)14(17)6-10)19(2)15(20)11-5-12(7-18)21-8-11;/h3-6,8-9H,7,18H2,1-2H3;1H. The molecule has 7 heteroatoms. The van der Waals surface area contributed by atoms with E-state index >= 15 is 0 Å². The van der Waals surface area contributed by atoms with Gasteiger partial charge in [-0.1, -0.05) is 6.07 Å². The van der Waals surface area contributed by atoms with Crippen molar-refractivity contribution >= 4 is 18.3 Å². The van der Waals surface area contributed by atoms with Crippen molar-refractivity contribution < 1.29 is 18.0 Å². The molecule has 0 spiro atoms. The molecule has 0 saturated heterocycles. The maximum atomic E-state index is 13.3. The summed E-state index contributed by atoms with van der Waals surface area (Å²) in [6.45, 7) is 1.93. The van der Waals surface area contributed by atoms with Gasteiger partial charge in [-0.2, -0.15) is 0 Å². The van der Waals surface area contributed by atoms with Crippen molar-refractivity contribution in [1.29, 1.82) is 0 Å². The van der Waals surface area contributed by atoms with E-state index in [9.17, 15) is 13.6 Å². The fourth-order valence-corrected chi connectivity index (χ4v) is 1.98. The highest BCUT2D eigenvalue weighted by atomic mass is 35.5. The Morgan fingerprint density at radius 2 is 2.00 bits per heavy atom. The SMILES string of the molecule is CC(c1ccc(F)c(F)c1)N(C)C(=O)c1coc(CN)c1.Cl. The zero-order valence-corrected chi connectivity index (χ0v) is 13.0. The summed E-state index contributed by atoms with van der Waals surface area (Å²) in [5, 5.41) is 0. The van der Waals surface area contributed by atoms with Crippen LogP contribution in [-0.2, 0) is 6.54 Å². The molecular weight excluding hydrogens is 314 g/mol. The van der Waals surface area contributed by atoms with Crippen LogP contribution in [0.3, 0.4) is 0 Å². The van der Waals surface area contributed by atoms with Crippen molar-refractivity contribution in [2.45, 2.75) is 19.5 Å². The van der Waals surface area contributed by atoms with Gasteiger partial charge in [-0.05, 0) is 30.7 Å². The van der Waals surface area contributed by atoms with Crippen LogP contribution in [0.15, 0.2) is 34.9 Å². The van der Waals surface area contributed by atoms with Crippen LogP contribution >= 0.6 is 12.4 Å². The van der Waals surface area contributed by atoms with Crippen molar-refractivity contribution in [1.82, 2.24) is 4.90 Å². The average molecular weight is 331 g/mol. The van der Waals surface area contributed by atoms with Gasteiger partial charge in [0.1, 0.15) is 12.0 Å². The summed E-state index contributed by atoms with van der Waals surface area (Å²) in [5.41, 5.74) is 6.30. The number of furan rings is 1. The predicted octanol–water partition coefficient (Wildman–Crippen LogP) is 3.27. The summed E-state index contributed by atoms with van der Waals surface area (Å²) in [6.07, 6.45) is 1.33. The highest BCUT2D eigenvalue weighted by Gasteiger charge is 2.21. The van der Waals surface area contributed by atoms with E-state index in [4.69, 9.17) is 10.2 Å².